The minimum Gasteiger partial charge on any atom is -0.479 e. The first-order valence-electron chi connectivity index (χ1n) is 6.14. The second-order valence-corrected chi connectivity index (χ2v) is 5.08. The first-order valence-corrected chi connectivity index (χ1v) is 6.52. The molecule has 1 fully saturated rings. The molecule has 2 heterocycles. The van der Waals surface area contributed by atoms with Gasteiger partial charge in [-0.05, 0) is 24.3 Å². The number of nitrogens with zero attached hydrogens (tertiary/aromatic N) is 2. The average molecular weight is 291 g/mol. The Morgan fingerprint density at radius 2 is 2.20 bits per heavy atom. The van der Waals surface area contributed by atoms with Crippen molar-refractivity contribution in [1.29, 1.82) is 0 Å². The summed E-state index contributed by atoms with van der Waals surface area (Å²) in [7, 11) is 0. The predicted octanol–water partition coefficient (Wildman–Crippen LogP) is 2.12. The molecule has 1 aromatic carbocycles. The molecule has 1 atom stereocenters. The zero-order valence-corrected chi connectivity index (χ0v) is 11.2. The number of ketones is 1. The van der Waals surface area contributed by atoms with Crippen LogP contribution in [0.3, 0.4) is 0 Å². The second kappa shape index (κ2) is 4.76. The quantitative estimate of drug-likeness (QED) is 0.858. The fraction of sp³-hybridized carbons (Fsp3) is 0.214. The molecule has 0 spiro atoms. The molecule has 0 bridgehead atoms. The minimum atomic E-state index is -1.12. The zero-order valence-electron chi connectivity index (χ0n) is 10.4. The fourth-order valence-electron chi connectivity index (χ4n) is 2.56. The van der Waals surface area contributed by atoms with Crippen LogP contribution in [0.15, 0.2) is 30.5 Å². The molecule has 6 heteroatoms. The van der Waals surface area contributed by atoms with Crippen molar-refractivity contribution in [3.8, 4) is 0 Å². The van der Waals surface area contributed by atoms with Gasteiger partial charge < -0.3 is 10.0 Å². The van der Waals surface area contributed by atoms with Gasteiger partial charge in [0, 0.05) is 35.3 Å². The number of carboxylic acids is 1. The molecule has 1 aliphatic heterocycles. The van der Waals surface area contributed by atoms with Crippen LogP contribution in [0.1, 0.15) is 6.42 Å². The summed E-state index contributed by atoms with van der Waals surface area (Å²) in [6.07, 6.45) is 1.84. The van der Waals surface area contributed by atoms with E-state index in [9.17, 15) is 14.7 Å². The first-order chi connectivity index (χ1) is 9.58. The van der Waals surface area contributed by atoms with E-state index in [0.29, 0.717) is 22.8 Å². The summed E-state index contributed by atoms with van der Waals surface area (Å²) in [5.41, 5.74) is 1.38. The Balaban J connectivity index is 2.15. The van der Waals surface area contributed by atoms with E-state index in [-0.39, 0.29) is 12.2 Å². The van der Waals surface area contributed by atoms with Gasteiger partial charge in [0.2, 0.25) is 0 Å². The van der Waals surface area contributed by atoms with Gasteiger partial charge in [0.05, 0.1) is 5.52 Å². The molecule has 0 radical (unpaired) electrons. The number of pyridine rings is 1. The highest BCUT2D eigenvalue weighted by atomic mass is 35.5. The molecule has 1 N–H and O–H groups in total. The maximum Gasteiger partial charge on any atom is 0.334 e. The van der Waals surface area contributed by atoms with Crippen molar-refractivity contribution in [2.24, 2.45) is 0 Å². The number of Topliss-reactive ketones (excluding diaryl/α,β-unsaturated/α-hetero) is 1. The molecule has 1 unspecified atom stereocenters. The third kappa shape index (κ3) is 2.00. The topological polar surface area (TPSA) is 70.5 Å². The van der Waals surface area contributed by atoms with Gasteiger partial charge in [0.25, 0.3) is 0 Å². The number of halogens is 1. The molecule has 0 aliphatic carbocycles. The number of carbonyl (C=O) groups excluding carboxylic acids is 1. The summed E-state index contributed by atoms with van der Waals surface area (Å²) < 4.78 is 0. The Kier molecular flexibility index (Phi) is 3.06. The van der Waals surface area contributed by atoms with Gasteiger partial charge in [-0.15, -0.1) is 0 Å². The number of hydrogen-bond donors (Lipinski definition) is 1. The Bertz CT molecular complexity index is 717. The van der Waals surface area contributed by atoms with Gasteiger partial charge in [0.1, 0.15) is 0 Å². The van der Waals surface area contributed by atoms with Gasteiger partial charge in [0.15, 0.2) is 11.8 Å². The van der Waals surface area contributed by atoms with Crippen LogP contribution >= 0.6 is 11.6 Å². The van der Waals surface area contributed by atoms with Crippen molar-refractivity contribution >= 4 is 39.9 Å². The molecule has 102 valence electrons. The molecular weight excluding hydrogens is 280 g/mol. The van der Waals surface area contributed by atoms with E-state index in [1.807, 2.05) is 0 Å². The smallest absolute Gasteiger partial charge is 0.334 e. The molecule has 1 aromatic heterocycles. The number of benzene rings is 1. The van der Waals surface area contributed by atoms with Crippen molar-refractivity contribution in [2.45, 2.75) is 12.5 Å². The highest BCUT2D eigenvalue weighted by Gasteiger charge is 2.38. The summed E-state index contributed by atoms with van der Waals surface area (Å²) in [5, 5.41) is 10.6. The normalized spacial score (nSPS) is 18.8. The van der Waals surface area contributed by atoms with Crippen molar-refractivity contribution in [3.63, 3.8) is 0 Å². The predicted molar refractivity (Wildman–Crippen MR) is 75.1 cm³/mol. The summed E-state index contributed by atoms with van der Waals surface area (Å²) in [6.45, 7) is 0.400. The number of rotatable bonds is 2. The SMILES string of the molecule is O=C(O)C1C(=O)CCN1c1ccnc2cc(Cl)ccc12. The third-order valence-electron chi connectivity index (χ3n) is 3.44. The number of aromatic nitrogens is 1. The Labute approximate surface area is 119 Å². The monoisotopic (exact) mass is 290 g/mol. The van der Waals surface area contributed by atoms with Gasteiger partial charge in [-0.1, -0.05) is 11.6 Å². The second-order valence-electron chi connectivity index (χ2n) is 4.64. The number of fused-ring (bicyclic) bond motifs is 1. The Morgan fingerprint density at radius 1 is 1.40 bits per heavy atom. The number of anilines is 1. The van der Waals surface area contributed by atoms with E-state index >= 15 is 0 Å². The Morgan fingerprint density at radius 3 is 2.95 bits per heavy atom. The lowest BCUT2D eigenvalue weighted by molar-refractivity contribution is -0.141. The molecule has 2 aromatic rings. The molecule has 20 heavy (non-hydrogen) atoms. The van der Waals surface area contributed by atoms with Crippen molar-refractivity contribution in [1.82, 2.24) is 4.98 Å². The average Bonchev–Trinajstić information content (AvgIpc) is 2.79. The van der Waals surface area contributed by atoms with E-state index in [0.717, 1.165) is 5.39 Å². The lowest BCUT2D eigenvalue weighted by atomic mass is 10.1. The third-order valence-corrected chi connectivity index (χ3v) is 3.68. The van der Waals surface area contributed by atoms with Crippen LogP contribution in [0, 0.1) is 0 Å². The molecule has 1 saturated heterocycles. The van der Waals surface area contributed by atoms with Crippen LogP contribution in [-0.4, -0.2) is 34.4 Å². The largest absolute Gasteiger partial charge is 0.479 e. The molecule has 0 saturated carbocycles. The van der Waals surface area contributed by atoms with E-state index in [1.165, 1.54) is 0 Å². The maximum atomic E-state index is 11.7. The highest BCUT2D eigenvalue weighted by molar-refractivity contribution is 6.31. The summed E-state index contributed by atoms with van der Waals surface area (Å²) in [6, 6.07) is 5.85. The zero-order chi connectivity index (χ0) is 14.3. The van der Waals surface area contributed by atoms with E-state index < -0.39 is 12.0 Å². The van der Waals surface area contributed by atoms with Crippen molar-refractivity contribution in [3.05, 3.63) is 35.5 Å². The first kappa shape index (κ1) is 12.9. The van der Waals surface area contributed by atoms with Gasteiger partial charge in [-0.3, -0.25) is 9.78 Å². The molecule has 1 aliphatic rings. The fourth-order valence-corrected chi connectivity index (χ4v) is 2.72. The highest BCUT2D eigenvalue weighted by Crippen LogP contribution is 2.31. The van der Waals surface area contributed by atoms with Crippen LogP contribution in [-0.2, 0) is 9.59 Å². The van der Waals surface area contributed by atoms with Crippen LogP contribution in [0.5, 0.6) is 0 Å². The van der Waals surface area contributed by atoms with Crippen LogP contribution in [0.25, 0.3) is 10.9 Å². The minimum absolute atomic E-state index is 0.244. The van der Waals surface area contributed by atoms with Crippen LogP contribution in [0.2, 0.25) is 5.02 Å². The standard InChI is InChI=1S/C14H11ClN2O3/c15-8-1-2-9-10(7-8)16-5-3-11(9)17-6-4-12(18)13(17)14(19)20/h1-3,5,7,13H,4,6H2,(H,19,20). The van der Waals surface area contributed by atoms with Crippen molar-refractivity contribution in [2.75, 3.05) is 11.4 Å². The van der Waals surface area contributed by atoms with Gasteiger partial charge in [-0.25, -0.2) is 4.79 Å². The summed E-state index contributed by atoms with van der Waals surface area (Å²) >= 11 is 5.93. The number of carbonyl (C=O) groups is 2. The van der Waals surface area contributed by atoms with E-state index in [2.05, 4.69) is 4.98 Å². The lowest BCUT2D eigenvalue weighted by Crippen LogP contribution is -2.40. The van der Waals surface area contributed by atoms with Crippen LogP contribution < -0.4 is 4.90 Å². The molecule has 3 rings (SSSR count). The number of hydrogen-bond acceptors (Lipinski definition) is 4. The summed E-state index contributed by atoms with van der Waals surface area (Å²) in [4.78, 5) is 28.9. The lowest BCUT2D eigenvalue weighted by Gasteiger charge is -2.23. The van der Waals surface area contributed by atoms with Gasteiger partial charge in [-0.2, -0.15) is 0 Å². The maximum absolute atomic E-state index is 11.7. The number of aliphatic carboxylic acids is 1. The Hall–Kier alpha value is -2.14. The van der Waals surface area contributed by atoms with Crippen molar-refractivity contribution < 1.29 is 14.7 Å². The molecular formula is C14H11ClN2O3. The van der Waals surface area contributed by atoms with E-state index in [1.54, 1.807) is 35.4 Å². The molecule has 0 amide bonds. The van der Waals surface area contributed by atoms with Crippen LogP contribution in [0.4, 0.5) is 5.69 Å². The molecule has 5 nitrogen and oxygen atoms in total. The number of carboxylic acid groups (broad SMARTS) is 1. The summed E-state index contributed by atoms with van der Waals surface area (Å²) in [5.74, 6) is -1.39. The van der Waals surface area contributed by atoms with E-state index in [4.69, 9.17) is 11.6 Å². The van der Waals surface area contributed by atoms with Gasteiger partial charge >= 0.3 is 5.97 Å².